The molecule has 4 bridgehead atoms. The summed E-state index contributed by atoms with van der Waals surface area (Å²) in [6.07, 6.45) is 2.91. The Labute approximate surface area is 240 Å². The zero-order valence-electron chi connectivity index (χ0n) is 18.2. The Morgan fingerprint density at radius 3 is 1.79 bits per heavy atom. The van der Waals surface area contributed by atoms with Gasteiger partial charge in [0.15, 0.2) is 10.1 Å². The van der Waals surface area contributed by atoms with Gasteiger partial charge < -0.3 is 19.3 Å². The van der Waals surface area contributed by atoms with Gasteiger partial charge in [-0.05, 0) is 50.4 Å². The van der Waals surface area contributed by atoms with Gasteiger partial charge in [0.1, 0.15) is 12.0 Å². The van der Waals surface area contributed by atoms with Crippen LogP contribution in [0.4, 0.5) is 17.6 Å². The van der Waals surface area contributed by atoms with Crippen molar-refractivity contribution in [1.29, 1.82) is 0 Å². The van der Waals surface area contributed by atoms with Gasteiger partial charge in [-0.2, -0.15) is 21.9 Å². The van der Waals surface area contributed by atoms with Gasteiger partial charge in [0.25, 0.3) is 0 Å². The molecule has 34 heavy (non-hydrogen) atoms. The van der Waals surface area contributed by atoms with Crippen molar-refractivity contribution in [2.45, 2.75) is 49.0 Å². The smallest absolute Gasteiger partial charge is 0.743 e. The van der Waals surface area contributed by atoms with E-state index in [0.29, 0.717) is 25.7 Å². The summed E-state index contributed by atoms with van der Waals surface area (Å²) >= 11 is -0.827. The second kappa shape index (κ2) is 11.7. The summed E-state index contributed by atoms with van der Waals surface area (Å²) in [5, 5.41) is 3.02. The predicted octanol–water partition coefficient (Wildman–Crippen LogP) is -4.73. The Balaban J connectivity index is 0.00000289. The zero-order chi connectivity index (χ0) is 24.0. The molecule has 0 aromatic carbocycles. The SMILES string of the molecule is O=C(OCC12CC3CC(C1)CC(COC(=O)C(F)(F)S(=O)(=O)[O-])(C3)C2)C(F)(F)SOO[O-].[Na+].[Na+]. The van der Waals surface area contributed by atoms with E-state index in [1.807, 2.05) is 0 Å². The van der Waals surface area contributed by atoms with Gasteiger partial charge in [-0.15, -0.1) is 0 Å². The molecular formula is C16H18F4Na2O10S2. The summed E-state index contributed by atoms with van der Waals surface area (Å²) in [5.41, 5.74) is -1.61. The largest absolute Gasteiger partial charge is 1.00 e. The van der Waals surface area contributed by atoms with E-state index in [4.69, 9.17) is 4.74 Å². The molecule has 4 aliphatic rings. The number of rotatable bonds is 10. The van der Waals surface area contributed by atoms with Gasteiger partial charge in [0.05, 0.1) is 13.2 Å². The molecular weight excluding hydrogens is 538 g/mol. The standard InChI is InChI=1S/C16H20F4O10S2.2Na/c17-15(18,31-30-29-23)11(21)27-7-13-2-9-1-10(3-13)5-14(4-9,6-13)8-28-12(22)16(19,20)32(24,25)26;;/h9-10,23H,1-8H2,(H,24,25,26);;/q;2*+1/p-2. The first kappa shape index (κ1) is 32.8. The van der Waals surface area contributed by atoms with E-state index in [9.17, 15) is 45.4 Å². The molecule has 0 aliphatic heterocycles. The number of hydrogen-bond donors (Lipinski definition) is 0. The van der Waals surface area contributed by atoms with Crippen molar-refractivity contribution in [1.82, 2.24) is 0 Å². The molecule has 0 heterocycles. The molecule has 0 aromatic heterocycles. The van der Waals surface area contributed by atoms with Crippen LogP contribution < -0.4 is 64.4 Å². The zero-order valence-corrected chi connectivity index (χ0v) is 23.9. The molecule has 0 aromatic rings. The molecule has 4 saturated carbocycles. The van der Waals surface area contributed by atoms with E-state index >= 15 is 0 Å². The normalized spacial score (nSPS) is 30.2. The van der Waals surface area contributed by atoms with Crippen LogP contribution >= 0.6 is 12.0 Å². The van der Waals surface area contributed by atoms with Crippen molar-refractivity contribution < 1.29 is 123 Å². The van der Waals surface area contributed by atoms with Crippen LogP contribution in [0.3, 0.4) is 0 Å². The van der Waals surface area contributed by atoms with E-state index in [1.54, 1.807) is 0 Å². The molecule has 4 fully saturated rings. The predicted molar refractivity (Wildman–Crippen MR) is 90.8 cm³/mol. The molecule has 0 N–H and O–H groups in total. The summed E-state index contributed by atoms with van der Waals surface area (Å²) in [6.45, 7) is -1.01. The Morgan fingerprint density at radius 1 is 0.941 bits per heavy atom. The third-order valence-corrected chi connectivity index (χ3v) is 7.57. The third kappa shape index (κ3) is 7.01. The summed E-state index contributed by atoms with van der Waals surface area (Å²) in [4.78, 5) is 23.2. The Hall–Kier alpha value is 0.800. The minimum atomic E-state index is -6.26. The minimum absolute atomic E-state index is 0. The van der Waals surface area contributed by atoms with Gasteiger partial charge in [-0.1, -0.05) is 0 Å². The Kier molecular flexibility index (Phi) is 11.3. The van der Waals surface area contributed by atoms with Crippen molar-refractivity contribution in [3.8, 4) is 0 Å². The average molecular weight is 556 g/mol. The topological polar surface area (TPSA) is 151 Å². The van der Waals surface area contributed by atoms with Crippen LogP contribution in [0, 0.1) is 22.7 Å². The summed E-state index contributed by atoms with van der Waals surface area (Å²) in [6, 6.07) is 0. The van der Waals surface area contributed by atoms with Crippen molar-refractivity contribution in [3.63, 3.8) is 0 Å². The maximum atomic E-state index is 13.6. The first-order chi connectivity index (χ1) is 14.6. The van der Waals surface area contributed by atoms with Crippen LogP contribution in [0.2, 0.25) is 0 Å². The van der Waals surface area contributed by atoms with Gasteiger partial charge >= 0.3 is 81.6 Å². The summed E-state index contributed by atoms with van der Waals surface area (Å²) in [7, 11) is -6.26. The number of esters is 2. The molecule has 2 unspecified atom stereocenters. The van der Waals surface area contributed by atoms with Crippen molar-refractivity contribution >= 4 is 34.1 Å². The maximum Gasteiger partial charge on any atom is 1.00 e. The number of carbonyl (C=O) groups is 2. The molecule has 0 radical (unpaired) electrons. The quantitative estimate of drug-likeness (QED) is 0.0486. The monoisotopic (exact) mass is 556 g/mol. The molecule has 4 rings (SSSR count). The number of carbonyl (C=O) groups excluding carboxylic acids is 2. The molecule has 10 nitrogen and oxygen atoms in total. The Bertz CT molecular complexity index is 862. The summed E-state index contributed by atoms with van der Waals surface area (Å²) < 4.78 is 98.6. The third-order valence-electron chi connectivity index (χ3n) is 6.28. The second-order valence-corrected chi connectivity index (χ2v) is 11.1. The van der Waals surface area contributed by atoms with E-state index < -0.39 is 68.7 Å². The van der Waals surface area contributed by atoms with E-state index in [1.165, 1.54) is 0 Å². The molecule has 0 spiro atoms. The van der Waals surface area contributed by atoms with Gasteiger partial charge in [0, 0.05) is 10.8 Å². The first-order valence-corrected chi connectivity index (χ1v) is 11.5. The number of ether oxygens (including phenoxy) is 2. The average Bonchev–Trinajstić information content (AvgIpc) is 2.66. The van der Waals surface area contributed by atoms with Crippen molar-refractivity contribution in [2.75, 3.05) is 13.2 Å². The van der Waals surface area contributed by atoms with Crippen LogP contribution in [0.5, 0.6) is 0 Å². The van der Waals surface area contributed by atoms with E-state index in [2.05, 4.69) is 14.1 Å². The van der Waals surface area contributed by atoms with Crippen LogP contribution in [-0.4, -0.2) is 48.6 Å². The van der Waals surface area contributed by atoms with Crippen LogP contribution in [0.25, 0.3) is 0 Å². The van der Waals surface area contributed by atoms with Crippen molar-refractivity contribution in [2.24, 2.45) is 22.7 Å². The summed E-state index contributed by atoms with van der Waals surface area (Å²) in [5.74, 6) is -4.37. The van der Waals surface area contributed by atoms with Gasteiger partial charge in [-0.3, -0.25) is 5.04 Å². The van der Waals surface area contributed by atoms with Gasteiger partial charge in [-0.25, -0.2) is 18.0 Å². The minimum Gasteiger partial charge on any atom is -0.743 e. The Morgan fingerprint density at radius 2 is 1.38 bits per heavy atom. The molecule has 184 valence electrons. The molecule has 2 atom stereocenters. The molecule has 4 aliphatic carbocycles. The maximum absolute atomic E-state index is 13.6. The fourth-order valence-electron chi connectivity index (χ4n) is 5.79. The fourth-order valence-corrected chi connectivity index (χ4v) is 6.29. The van der Waals surface area contributed by atoms with Crippen LogP contribution in [0.15, 0.2) is 0 Å². The van der Waals surface area contributed by atoms with E-state index in [0.717, 1.165) is 6.42 Å². The van der Waals surface area contributed by atoms with Gasteiger partial charge in [0.2, 0.25) is 0 Å². The fraction of sp³-hybridized carbons (Fsp3) is 0.875. The van der Waals surface area contributed by atoms with E-state index in [-0.39, 0.29) is 77.4 Å². The number of alkyl halides is 4. The second-order valence-electron chi connectivity index (χ2n) is 8.82. The first-order valence-electron chi connectivity index (χ1n) is 9.34. The number of hydrogen-bond acceptors (Lipinski definition) is 11. The number of halogens is 4. The molecule has 0 saturated heterocycles. The van der Waals surface area contributed by atoms with Crippen LogP contribution in [-0.2, 0) is 38.6 Å². The van der Waals surface area contributed by atoms with Crippen molar-refractivity contribution in [3.05, 3.63) is 0 Å². The molecule has 0 amide bonds. The van der Waals surface area contributed by atoms with Crippen LogP contribution in [0.1, 0.15) is 38.5 Å². The molecule has 18 heteroatoms.